The fourth-order valence-corrected chi connectivity index (χ4v) is 2.29. The van der Waals surface area contributed by atoms with Crippen LogP contribution in [0.2, 0.25) is 0 Å². The Morgan fingerprint density at radius 3 is 2.60 bits per heavy atom. The van der Waals surface area contributed by atoms with Gasteiger partial charge in [0, 0.05) is 24.7 Å². The molecule has 0 aromatic heterocycles. The normalized spacial score (nSPS) is 17.6. The number of carbonyl (C=O) groups excluding carboxylic acids is 1. The smallest absolute Gasteiger partial charge is 0.230 e. The number of halogens is 1. The highest BCUT2D eigenvalue weighted by Gasteiger charge is 2.40. The van der Waals surface area contributed by atoms with Gasteiger partial charge in [0.2, 0.25) is 5.91 Å². The summed E-state index contributed by atoms with van der Waals surface area (Å²) >= 11 is 0. The van der Waals surface area contributed by atoms with Crippen molar-refractivity contribution in [2.45, 2.75) is 45.7 Å². The highest BCUT2D eigenvalue weighted by atomic mass is 19.1. The molecule has 0 aliphatic heterocycles. The van der Waals surface area contributed by atoms with E-state index in [9.17, 15) is 9.18 Å². The molecule has 0 radical (unpaired) electrons. The number of rotatable bonds is 6. The van der Waals surface area contributed by atoms with Crippen molar-refractivity contribution in [1.82, 2.24) is 4.90 Å². The average Bonchev–Trinajstić information content (AvgIpc) is 3.29. The van der Waals surface area contributed by atoms with Crippen LogP contribution in [0.4, 0.5) is 4.39 Å². The van der Waals surface area contributed by atoms with E-state index in [1.807, 2.05) is 18.7 Å². The maximum Gasteiger partial charge on any atom is 0.230 e. The van der Waals surface area contributed by atoms with Crippen LogP contribution in [-0.2, 0) is 11.3 Å². The van der Waals surface area contributed by atoms with Crippen LogP contribution in [0.25, 0.3) is 0 Å². The van der Waals surface area contributed by atoms with Crippen LogP contribution in [0, 0.1) is 11.2 Å². The Bertz CT molecular complexity index is 481. The standard InChI is InChI=1S/C16H23FN2O/c1-3-16(2,11-18)15(20)19(13-8-9-13)10-12-6-4-5-7-14(12)17/h4-7,13H,3,8-11,18H2,1-2H3. The molecule has 0 bridgehead atoms. The molecule has 1 aliphatic carbocycles. The SMILES string of the molecule is CCC(C)(CN)C(=O)N(Cc1ccccc1F)C1CC1. The Hall–Kier alpha value is -1.42. The van der Waals surface area contributed by atoms with E-state index in [2.05, 4.69) is 0 Å². The van der Waals surface area contributed by atoms with Crippen LogP contribution in [0.15, 0.2) is 24.3 Å². The molecule has 0 heterocycles. The molecule has 1 aromatic carbocycles. The van der Waals surface area contributed by atoms with Gasteiger partial charge >= 0.3 is 0 Å². The lowest BCUT2D eigenvalue weighted by Gasteiger charge is -2.33. The molecule has 3 nitrogen and oxygen atoms in total. The topological polar surface area (TPSA) is 46.3 Å². The van der Waals surface area contributed by atoms with Crippen molar-refractivity contribution in [3.05, 3.63) is 35.6 Å². The van der Waals surface area contributed by atoms with Gasteiger partial charge in [0.15, 0.2) is 0 Å². The molecule has 0 saturated heterocycles. The van der Waals surface area contributed by atoms with Gasteiger partial charge in [-0.15, -0.1) is 0 Å². The maximum atomic E-state index is 13.8. The molecule has 2 rings (SSSR count). The zero-order valence-electron chi connectivity index (χ0n) is 12.2. The van der Waals surface area contributed by atoms with E-state index in [0.717, 1.165) is 12.8 Å². The van der Waals surface area contributed by atoms with Crippen molar-refractivity contribution in [2.24, 2.45) is 11.1 Å². The van der Waals surface area contributed by atoms with Crippen molar-refractivity contribution in [1.29, 1.82) is 0 Å². The molecule has 4 heteroatoms. The third-order valence-corrected chi connectivity index (χ3v) is 4.29. The maximum absolute atomic E-state index is 13.8. The van der Waals surface area contributed by atoms with E-state index >= 15 is 0 Å². The van der Waals surface area contributed by atoms with Crippen molar-refractivity contribution >= 4 is 5.91 Å². The molecule has 1 atom stereocenters. The van der Waals surface area contributed by atoms with Gasteiger partial charge in [0.1, 0.15) is 5.82 Å². The van der Waals surface area contributed by atoms with Gasteiger partial charge in [0.05, 0.1) is 5.41 Å². The van der Waals surface area contributed by atoms with Crippen molar-refractivity contribution in [3.8, 4) is 0 Å². The summed E-state index contributed by atoms with van der Waals surface area (Å²) < 4.78 is 13.8. The Kier molecular flexibility index (Phi) is 4.43. The predicted molar refractivity (Wildman–Crippen MR) is 77.4 cm³/mol. The van der Waals surface area contributed by atoms with Crippen molar-refractivity contribution in [2.75, 3.05) is 6.54 Å². The van der Waals surface area contributed by atoms with Gasteiger partial charge in [-0.2, -0.15) is 0 Å². The zero-order valence-corrected chi connectivity index (χ0v) is 12.2. The number of carbonyl (C=O) groups is 1. The summed E-state index contributed by atoms with van der Waals surface area (Å²) in [5, 5.41) is 0. The number of benzene rings is 1. The second-order valence-electron chi connectivity index (χ2n) is 5.87. The van der Waals surface area contributed by atoms with Crippen molar-refractivity contribution < 1.29 is 9.18 Å². The summed E-state index contributed by atoms with van der Waals surface area (Å²) in [5.41, 5.74) is 5.80. The first-order valence-electron chi connectivity index (χ1n) is 7.26. The van der Waals surface area contributed by atoms with Gasteiger partial charge < -0.3 is 10.6 Å². The Labute approximate surface area is 120 Å². The summed E-state index contributed by atoms with van der Waals surface area (Å²) in [5.74, 6) is -0.204. The highest BCUT2D eigenvalue weighted by molar-refractivity contribution is 5.83. The monoisotopic (exact) mass is 278 g/mol. The Morgan fingerprint density at radius 2 is 2.10 bits per heavy atom. The lowest BCUT2D eigenvalue weighted by Crippen LogP contribution is -2.46. The van der Waals surface area contributed by atoms with E-state index < -0.39 is 5.41 Å². The first kappa shape index (κ1) is 15.0. The molecular weight excluding hydrogens is 255 g/mol. The fraction of sp³-hybridized carbons (Fsp3) is 0.562. The van der Waals surface area contributed by atoms with Crippen LogP contribution in [-0.4, -0.2) is 23.4 Å². The van der Waals surface area contributed by atoms with E-state index in [-0.39, 0.29) is 17.8 Å². The molecule has 20 heavy (non-hydrogen) atoms. The van der Waals surface area contributed by atoms with Crippen LogP contribution < -0.4 is 5.73 Å². The molecular formula is C16H23FN2O. The molecule has 1 fully saturated rings. The molecule has 1 aliphatic rings. The number of hydrogen-bond acceptors (Lipinski definition) is 2. The first-order chi connectivity index (χ1) is 9.51. The molecule has 1 amide bonds. The first-order valence-corrected chi connectivity index (χ1v) is 7.26. The second-order valence-corrected chi connectivity index (χ2v) is 5.87. The molecule has 110 valence electrons. The van der Waals surface area contributed by atoms with Crippen LogP contribution >= 0.6 is 0 Å². The second kappa shape index (κ2) is 5.92. The van der Waals surface area contributed by atoms with Crippen LogP contribution in [0.1, 0.15) is 38.7 Å². The minimum absolute atomic E-state index is 0.0493. The molecule has 1 unspecified atom stereocenters. The molecule has 0 spiro atoms. The van der Waals surface area contributed by atoms with Gasteiger partial charge in [-0.25, -0.2) is 4.39 Å². The minimum Gasteiger partial charge on any atom is -0.335 e. The number of nitrogens with zero attached hydrogens (tertiary/aromatic N) is 1. The third-order valence-electron chi connectivity index (χ3n) is 4.29. The Morgan fingerprint density at radius 1 is 1.45 bits per heavy atom. The summed E-state index contributed by atoms with van der Waals surface area (Å²) in [4.78, 5) is 14.6. The molecule has 1 aromatic rings. The summed E-state index contributed by atoms with van der Waals surface area (Å²) in [6.45, 7) is 4.53. The van der Waals surface area contributed by atoms with Gasteiger partial charge in [-0.05, 0) is 32.3 Å². The van der Waals surface area contributed by atoms with E-state index in [0.29, 0.717) is 25.1 Å². The predicted octanol–water partition coefficient (Wildman–Crippen LogP) is 2.69. The lowest BCUT2D eigenvalue weighted by atomic mass is 9.85. The summed E-state index contributed by atoms with van der Waals surface area (Å²) in [6.07, 6.45) is 2.71. The number of nitrogens with two attached hydrogens (primary N) is 1. The molecule has 1 saturated carbocycles. The van der Waals surface area contributed by atoms with Gasteiger partial charge in [-0.1, -0.05) is 25.1 Å². The summed E-state index contributed by atoms with van der Waals surface area (Å²) in [6, 6.07) is 6.89. The van der Waals surface area contributed by atoms with Gasteiger partial charge in [0.25, 0.3) is 0 Å². The largest absolute Gasteiger partial charge is 0.335 e. The Balaban J connectivity index is 2.20. The van der Waals surface area contributed by atoms with Crippen LogP contribution in [0.3, 0.4) is 0 Å². The van der Waals surface area contributed by atoms with E-state index in [1.54, 1.807) is 18.2 Å². The number of hydrogen-bond donors (Lipinski definition) is 1. The lowest BCUT2D eigenvalue weighted by molar-refractivity contribution is -0.142. The summed E-state index contributed by atoms with van der Waals surface area (Å²) in [7, 11) is 0. The number of amides is 1. The van der Waals surface area contributed by atoms with E-state index in [1.165, 1.54) is 6.07 Å². The van der Waals surface area contributed by atoms with Gasteiger partial charge in [-0.3, -0.25) is 4.79 Å². The zero-order chi connectivity index (χ0) is 14.8. The quantitative estimate of drug-likeness (QED) is 0.869. The third kappa shape index (κ3) is 3.01. The van der Waals surface area contributed by atoms with Crippen LogP contribution in [0.5, 0.6) is 0 Å². The molecule has 2 N–H and O–H groups in total. The van der Waals surface area contributed by atoms with Crippen molar-refractivity contribution in [3.63, 3.8) is 0 Å². The minimum atomic E-state index is -0.548. The average molecular weight is 278 g/mol. The van der Waals surface area contributed by atoms with E-state index in [4.69, 9.17) is 5.73 Å². The fourth-order valence-electron chi connectivity index (χ4n) is 2.29. The highest BCUT2D eigenvalue weighted by Crippen LogP contribution is 2.33.